The van der Waals surface area contributed by atoms with Crippen LogP contribution in [0, 0.1) is 5.92 Å². The number of aryl methyl sites for hydroxylation is 2. The number of carbonyl (C=O) groups excluding carboxylic acids is 1. The number of imidazole rings is 1. The van der Waals surface area contributed by atoms with Gasteiger partial charge in [0.15, 0.2) is 0 Å². The minimum atomic E-state index is -0.407. The number of hydrogen-bond donors (Lipinski definition) is 2. The van der Waals surface area contributed by atoms with Gasteiger partial charge >= 0.3 is 0 Å². The zero-order chi connectivity index (χ0) is 16.1. The Hall–Kier alpha value is -1.88. The molecule has 0 saturated carbocycles. The Morgan fingerprint density at radius 3 is 2.77 bits per heavy atom. The third-order valence-corrected chi connectivity index (χ3v) is 3.82. The molecule has 3 N–H and O–H groups in total. The standard InChI is InChI=1S/C17H26N4O/c1-12(2)11-13(18)17(22)19-10-6-9-16-20-14-7-4-5-8-15(14)21(16)3/h4-5,7-8,12-13H,6,9-11,18H2,1-3H3,(H,19,22)/t13-/m0/s1. The number of nitrogens with one attached hydrogen (secondary N) is 1. The number of rotatable bonds is 7. The van der Waals surface area contributed by atoms with Crippen molar-refractivity contribution in [2.45, 2.75) is 39.2 Å². The molecule has 5 nitrogen and oxygen atoms in total. The predicted octanol–water partition coefficient (Wildman–Crippen LogP) is 2.00. The summed E-state index contributed by atoms with van der Waals surface area (Å²) in [5.41, 5.74) is 8.01. The number of aromatic nitrogens is 2. The summed E-state index contributed by atoms with van der Waals surface area (Å²) in [7, 11) is 2.03. The van der Waals surface area contributed by atoms with E-state index in [1.807, 2.05) is 25.2 Å². The van der Waals surface area contributed by atoms with Crippen LogP contribution in [0.4, 0.5) is 0 Å². The summed E-state index contributed by atoms with van der Waals surface area (Å²) in [5.74, 6) is 1.42. The highest BCUT2D eigenvalue weighted by atomic mass is 16.2. The average molecular weight is 302 g/mol. The van der Waals surface area contributed by atoms with Crippen LogP contribution in [0.2, 0.25) is 0 Å². The van der Waals surface area contributed by atoms with Gasteiger partial charge in [-0.15, -0.1) is 0 Å². The van der Waals surface area contributed by atoms with Gasteiger partial charge in [0.2, 0.25) is 5.91 Å². The molecule has 120 valence electrons. The number of nitrogens with zero attached hydrogens (tertiary/aromatic N) is 2. The fourth-order valence-corrected chi connectivity index (χ4v) is 2.62. The lowest BCUT2D eigenvalue weighted by Gasteiger charge is -2.14. The van der Waals surface area contributed by atoms with E-state index in [1.54, 1.807) is 0 Å². The maximum Gasteiger partial charge on any atom is 0.236 e. The zero-order valence-corrected chi connectivity index (χ0v) is 13.7. The topological polar surface area (TPSA) is 72.9 Å². The van der Waals surface area contributed by atoms with E-state index in [4.69, 9.17) is 5.73 Å². The summed E-state index contributed by atoms with van der Waals surface area (Å²) >= 11 is 0. The van der Waals surface area contributed by atoms with E-state index in [2.05, 4.69) is 34.8 Å². The van der Waals surface area contributed by atoms with Gasteiger partial charge in [-0.25, -0.2) is 4.98 Å². The highest BCUT2D eigenvalue weighted by Gasteiger charge is 2.14. The Morgan fingerprint density at radius 1 is 1.36 bits per heavy atom. The summed E-state index contributed by atoms with van der Waals surface area (Å²) in [6.45, 7) is 4.77. The molecule has 2 aromatic rings. The summed E-state index contributed by atoms with van der Waals surface area (Å²) in [6, 6.07) is 7.69. The van der Waals surface area contributed by atoms with Crippen LogP contribution in [-0.2, 0) is 18.3 Å². The average Bonchev–Trinajstić information content (AvgIpc) is 2.79. The molecule has 0 saturated heterocycles. The van der Waals surface area contributed by atoms with E-state index in [0.717, 1.165) is 36.1 Å². The molecule has 0 aliphatic carbocycles. The summed E-state index contributed by atoms with van der Waals surface area (Å²) in [4.78, 5) is 16.5. The number of fused-ring (bicyclic) bond motifs is 1. The second kappa shape index (κ2) is 7.40. The molecule has 1 aromatic carbocycles. The van der Waals surface area contributed by atoms with E-state index >= 15 is 0 Å². The molecule has 0 aliphatic heterocycles. The van der Waals surface area contributed by atoms with Crippen molar-refractivity contribution in [3.05, 3.63) is 30.1 Å². The lowest BCUT2D eigenvalue weighted by Crippen LogP contribution is -2.41. The van der Waals surface area contributed by atoms with Gasteiger partial charge in [-0.05, 0) is 30.9 Å². The van der Waals surface area contributed by atoms with Crippen LogP contribution < -0.4 is 11.1 Å². The van der Waals surface area contributed by atoms with Crippen molar-refractivity contribution in [3.8, 4) is 0 Å². The Morgan fingerprint density at radius 2 is 2.09 bits per heavy atom. The molecule has 5 heteroatoms. The number of carbonyl (C=O) groups is 1. The minimum absolute atomic E-state index is 0.0568. The fourth-order valence-electron chi connectivity index (χ4n) is 2.62. The van der Waals surface area contributed by atoms with Crippen molar-refractivity contribution in [2.75, 3.05) is 6.54 Å². The molecule has 1 atom stereocenters. The Bertz CT molecular complexity index is 633. The second-order valence-electron chi connectivity index (χ2n) is 6.21. The number of hydrogen-bond acceptors (Lipinski definition) is 3. The smallest absolute Gasteiger partial charge is 0.236 e. The molecule has 0 aliphatic rings. The molecule has 2 rings (SSSR count). The van der Waals surface area contributed by atoms with Gasteiger partial charge in [0.1, 0.15) is 5.82 Å². The van der Waals surface area contributed by atoms with E-state index in [9.17, 15) is 4.79 Å². The zero-order valence-electron chi connectivity index (χ0n) is 13.7. The van der Waals surface area contributed by atoms with Gasteiger partial charge in [-0.3, -0.25) is 4.79 Å². The highest BCUT2D eigenvalue weighted by Crippen LogP contribution is 2.15. The quantitative estimate of drug-likeness (QED) is 0.768. The van der Waals surface area contributed by atoms with Crippen molar-refractivity contribution in [1.29, 1.82) is 0 Å². The Balaban J connectivity index is 1.81. The summed E-state index contributed by atoms with van der Waals surface area (Å²) < 4.78 is 2.11. The third-order valence-electron chi connectivity index (χ3n) is 3.82. The van der Waals surface area contributed by atoms with Crippen LogP contribution in [0.1, 0.15) is 32.5 Å². The Labute approximate surface area is 131 Å². The van der Waals surface area contributed by atoms with Crippen LogP contribution in [0.25, 0.3) is 11.0 Å². The molecule has 0 bridgehead atoms. The monoisotopic (exact) mass is 302 g/mol. The lowest BCUT2D eigenvalue weighted by molar-refractivity contribution is -0.122. The van der Waals surface area contributed by atoms with E-state index in [0.29, 0.717) is 12.5 Å². The SMILES string of the molecule is CC(C)C[C@H](N)C(=O)NCCCc1nc2ccccc2n1C. The van der Waals surface area contributed by atoms with Gasteiger partial charge in [0.25, 0.3) is 0 Å². The van der Waals surface area contributed by atoms with Crippen LogP contribution in [0.5, 0.6) is 0 Å². The Kier molecular flexibility index (Phi) is 5.55. The minimum Gasteiger partial charge on any atom is -0.355 e. The second-order valence-corrected chi connectivity index (χ2v) is 6.21. The number of amides is 1. The first kappa shape index (κ1) is 16.5. The van der Waals surface area contributed by atoms with Gasteiger partial charge in [0.05, 0.1) is 17.1 Å². The first-order chi connectivity index (χ1) is 10.5. The van der Waals surface area contributed by atoms with E-state index in [-0.39, 0.29) is 5.91 Å². The molecule has 0 fully saturated rings. The summed E-state index contributed by atoms with van der Waals surface area (Å²) in [6.07, 6.45) is 2.42. The van der Waals surface area contributed by atoms with Crippen LogP contribution in [0.3, 0.4) is 0 Å². The maximum absolute atomic E-state index is 11.8. The number of benzene rings is 1. The highest BCUT2D eigenvalue weighted by molar-refractivity contribution is 5.81. The molecule has 1 amide bonds. The van der Waals surface area contributed by atoms with Crippen LogP contribution in [-0.4, -0.2) is 28.0 Å². The third kappa shape index (κ3) is 4.07. The van der Waals surface area contributed by atoms with Crippen molar-refractivity contribution < 1.29 is 4.79 Å². The van der Waals surface area contributed by atoms with Crippen LogP contribution >= 0.6 is 0 Å². The molecule has 0 spiro atoms. The molecule has 0 radical (unpaired) electrons. The van der Waals surface area contributed by atoms with Crippen molar-refractivity contribution in [3.63, 3.8) is 0 Å². The molecule has 1 aromatic heterocycles. The first-order valence-electron chi connectivity index (χ1n) is 7.92. The van der Waals surface area contributed by atoms with E-state index < -0.39 is 6.04 Å². The maximum atomic E-state index is 11.8. The van der Waals surface area contributed by atoms with Crippen molar-refractivity contribution in [2.24, 2.45) is 18.7 Å². The largest absolute Gasteiger partial charge is 0.355 e. The van der Waals surface area contributed by atoms with Crippen molar-refractivity contribution in [1.82, 2.24) is 14.9 Å². The van der Waals surface area contributed by atoms with Crippen LogP contribution in [0.15, 0.2) is 24.3 Å². The number of nitrogens with two attached hydrogens (primary N) is 1. The molecule has 0 unspecified atom stereocenters. The van der Waals surface area contributed by atoms with E-state index in [1.165, 1.54) is 0 Å². The molecular weight excluding hydrogens is 276 g/mol. The van der Waals surface area contributed by atoms with Crippen molar-refractivity contribution >= 4 is 16.9 Å². The molecular formula is C17H26N4O. The van der Waals surface area contributed by atoms with Gasteiger partial charge in [-0.2, -0.15) is 0 Å². The normalized spacial score (nSPS) is 12.8. The predicted molar refractivity (Wildman–Crippen MR) is 89.5 cm³/mol. The lowest BCUT2D eigenvalue weighted by atomic mass is 10.0. The first-order valence-corrected chi connectivity index (χ1v) is 7.92. The summed E-state index contributed by atoms with van der Waals surface area (Å²) in [5, 5.41) is 2.91. The fraction of sp³-hybridized carbons (Fsp3) is 0.529. The number of para-hydroxylation sites is 2. The molecule has 1 heterocycles. The molecule has 22 heavy (non-hydrogen) atoms. The van der Waals surface area contributed by atoms with Gasteiger partial charge in [-0.1, -0.05) is 26.0 Å². The van der Waals surface area contributed by atoms with Gasteiger partial charge in [0, 0.05) is 20.0 Å². The van der Waals surface area contributed by atoms with Gasteiger partial charge < -0.3 is 15.6 Å².